The highest BCUT2D eigenvalue weighted by Gasteiger charge is 2.18. The van der Waals surface area contributed by atoms with Gasteiger partial charge in [-0.25, -0.2) is 4.39 Å². The predicted molar refractivity (Wildman–Crippen MR) is 88.9 cm³/mol. The summed E-state index contributed by atoms with van der Waals surface area (Å²) in [5, 5.41) is 2.83. The highest BCUT2D eigenvalue weighted by atomic mass is 19.1. The van der Waals surface area contributed by atoms with Crippen LogP contribution in [0.15, 0.2) is 42.5 Å². The quantitative estimate of drug-likeness (QED) is 0.877. The van der Waals surface area contributed by atoms with Gasteiger partial charge in [0.1, 0.15) is 11.6 Å². The summed E-state index contributed by atoms with van der Waals surface area (Å²) >= 11 is 0. The van der Waals surface area contributed by atoms with Crippen molar-refractivity contribution in [2.75, 3.05) is 0 Å². The standard InChI is InChI=1S/C19H22FNO2/c1-4-17(23-18-10-5-13(2)11-14(18)3)19(22)21-12-15-6-8-16(20)9-7-15/h5-11,17H,4,12H2,1-3H3,(H,21,22)/t17-/m0/s1. The molecule has 0 bridgehead atoms. The van der Waals surface area contributed by atoms with Crippen molar-refractivity contribution in [2.45, 2.75) is 39.8 Å². The molecule has 0 unspecified atom stereocenters. The molecule has 2 aromatic carbocycles. The van der Waals surface area contributed by atoms with Crippen LogP contribution in [0.25, 0.3) is 0 Å². The molecule has 1 amide bonds. The second-order valence-electron chi connectivity index (χ2n) is 5.63. The largest absolute Gasteiger partial charge is 0.480 e. The van der Waals surface area contributed by atoms with E-state index in [4.69, 9.17) is 4.74 Å². The third kappa shape index (κ3) is 4.81. The third-order valence-electron chi connectivity index (χ3n) is 3.64. The first-order valence-electron chi connectivity index (χ1n) is 7.75. The van der Waals surface area contributed by atoms with Crippen LogP contribution in [-0.4, -0.2) is 12.0 Å². The van der Waals surface area contributed by atoms with Crippen LogP contribution in [0.5, 0.6) is 5.75 Å². The van der Waals surface area contributed by atoms with Gasteiger partial charge in [0, 0.05) is 6.54 Å². The Hall–Kier alpha value is -2.36. The van der Waals surface area contributed by atoms with Gasteiger partial charge in [0.2, 0.25) is 0 Å². The molecule has 1 N–H and O–H groups in total. The van der Waals surface area contributed by atoms with Crippen LogP contribution in [0.2, 0.25) is 0 Å². The van der Waals surface area contributed by atoms with E-state index in [1.165, 1.54) is 12.1 Å². The zero-order chi connectivity index (χ0) is 16.8. The Morgan fingerprint density at radius 3 is 2.48 bits per heavy atom. The first-order valence-corrected chi connectivity index (χ1v) is 7.75. The van der Waals surface area contributed by atoms with Gasteiger partial charge in [-0.3, -0.25) is 4.79 Å². The van der Waals surface area contributed by atoms with E-state index in [1.54, 1.807) is 12.1 Å². The highest BCUT2D eigenvalue weighted by Crippen LogP contribution is 2.21. The van der Waals surface area contributed by atoms with Crippen LogP contribution in [0.4, 0.5) is 4.39 Å². The Kier molecular flexibility index (Phi) is 5.74. The second kappa shape index (κ2) is 7.77. The van der Waals surface area contributed by atoms with Gasteiger partial charge >= 0.3 is 0 Å². The first-order chi connectivity index (χ1) is 11.0. The van der Waals surface area contributed by atoms with Gasteiger partial charge in [-0.15, -0.1) is 0 Å². The monoisotopic (exact) mass is 315 g/mol. The molecule has 2 aromatic rings. The molecule has 23 heavy (non-hydrogen) atoms. The van der Waals surface area contributed by atoms with Crippen molar-refractivity contribution in [1.82, 2.24) is 5.32 Å². The Morgan fingerprint density at radius 1 is 1.17 bits per heavy atom. The molecule has 0 fully saturated rings. The minimum atomic E-state index is -0.545. The fraction of sp³-hybridized carbons (Fsp3) is 0.316. The van der Waals surface area contributed by atoms with Crippen LogP contribution in [-0.2, 0) is 11.3 Å². The number of amides is 1. The summed E-state index contributed by atoms with van der Waals surface area (Å²) in [6.45, 7) is 6.24. The summed E-state index contributed by atoms with van der Waals surface area (Å²) in [6, 6.07) is 11.9. The lowest BCUT2D eigenvalue weighted by Crippen LogP contribution is -2.37. The molecule has 0 radical (unpaired) electrons. The average Bonchev–Trinajstić information content (AvgIpc) is 2.53. The Bertz CT molecular complexity index is 668. The lowest BCUT2D eigenvalue weighted by Gasteiger charge is -2.19. The molecule has 0 aromatic heterocycles. The number of carbonyl (C=O) groups excluding carboxylic acids is 1. The van der Waals surface area contributed by atoms with Crippen molar-refractivity contribution in [3.63, 3.8) is 0 Å². The average molecular weight is 315 g/mol. The van der Waals surface area contributed by atoms with Crippen molar-refractivity contribution in [2.24, 2.45) is 0 Å². The zero-order valence-corrected chi connectivity index (χ0v) is 13.7. The number of halogens is 1. The van der Waals surface area contributed by atoms with Crippen molar-refractivity contribution in [3.05, 3.63) is 65.0 Å². The molecule has 0 spiro atoms. The van der Waals surface area contributed by atoms with Gasteiger partial charge < -0.3 is 10.1 Å². The number of hydrogen-bond acceptors (Lipinski definition) is 2. The van der Waals surface area contributed by atoms with E-state index in [9.17, 15) is 9.18 Å². The van der Waals surface area contributed by atoms with Gasteiger partial charge in [-0.05, 0) is 49.6 Å². The fourth-order valence-corrected chi connectivity index (χ4v) is 2.31. The summed E-state index contributed by atoms with van der Waals surface area (Å²) in [4.78, 5) is 12.3. The summed E-state index contributed by atoms with van der Waals surface area (Å²) in [7, 11) is 0. The SMILES string of the molecule is CC[C@H](Oc1ccc(C)cc1C)C(=O)NCc1ccc(F)cc1. The van der Waals surface area contributed by atoms with E-state index < -0.39 is 6.10 Å². The topological polar surface area (TPSA) is 38.3 Å². The smallest absolute Gasteiger partial charge is 0.261 e. The minimum absolute atomic E-state index is 0.170. The maximum Gasteiger partial charge on any atom is 0.261 e. The van der Waals surface area contributed by atoms with E-state index in [0.29, 0.717) is 13.0 Å². The number of benzene rings is 2. The predicted octanol–water partition coefficient (Wildman–Crippen LogP) is 3.92. The molecular formula is C19H22FNO2. The van der Waals surface area contributed by atoms with E-state index in [1.807, 2.05) is 39.0 Å². The minimum Gasteiger partial charge on any atom is -0.480 e. The maximum absolute atomic E-state index is 12.9. The van der Waals surface area contributed by atoms with Crippen molar-refractivity contribution >= 4 is 5.91 Å². The number of hydrogen-bond donors (Lipinski definition) is 1. The Labute approximate surface area is 136 Å². The molecule has 0 aliphatic heterocycles. The van der Waals surface area contributed by atoms with Crippen molar-refractivity contribution < 1.29 is 13.9 Å². The second-order valence-corrected chi connectivity index (χ2v) is 5.63. The lowest BCUT2D eigenvalue weighted by molar-refractivity contribution is -0.128. The van der Waals surface area contributed by atoms with Crippen LogP contribution in [0.1, 0.15) is 30.0 Å². The Morgan fingerprint density at radius 2 is 1.87 bits per heavy atom. The molecule has 0 aliphatic carbocycles. The molecule has 0 saturated carbocycles. The lowest BCUT2D eigenvalue weighted by atomic mass is 10.1. The zero-order valence-electron chi connectivity index (χ0n) is 13.7. The van der Waals surface area contributed by atoms with E-state index >= 15 is 0 Å². The Balaban J connectivity index is 1.96. The third-order valence-corrected chi connectivity index (χ3v) is 3.64. The number of carbonyl (C=O) groups is 1. The van der Waals surface area contributed by atoms with E-state index in [2.05, 4.69) is 5.32 Å². The maximum atomic E-state index is 12.9. The van der Waals surface area contributed by atoms with Gasteiger partial charge in [-0.2, -0.15) is 0 Å². The molecule has 0 heterocycles. The van der Waals surface area contributed by atoms with Crippen LogP contribution >= 0.6 is 0 Å². The van der Waals surface area contributed by atoms with Gasteiger partial charge in [-0.1, -0.05) is 36.8 Å². The van der Waals surface area contributed by atoms with Crippen LogP contribution < -0.4 is 10.1 Å². The molecule has 0 saturated heterocycles. The molecule has 4 heteroatoms. The number of nitrogens with one attached hydrogen (secondary N) is 1. The van der Waals surface area contributed by atoms with E-state index in [-0.39, 0.29) is 11.7 Å². The summed E-state index contributed by atoms with van der Waals surface area (Å²) in [6.07, 6.45) is 0.0274. The molecular weight excluding hydrogens is 293 g/mol. The summed E-state index contributed by atoms with van der Waals surface area (Å²) < 4.78 is 18.7. The van der Waals surface area contributed by atoms with Gasteiger partial charge in [0.25, 0.3) is 5.91 Å². The fourth-order valence-electron chi connectivity index (χ4n) is 2.31. The molecule has 0 aliphatic rings. The number of rotatable bonds is 6. The molecule has 3 nitrogen and oxygen atoms in total. The van der Waals surface area contributed by atoms with Gasteiger partial charge in [0.15, 0.2) is 6.10 Å². The van der Waals surface area contributed by atoms with Crippen molar-refractivity contribution in [3.8, 4) is 5.75 Å². The number of aryl methyl sites for hydroxylation is 2. The highest BCUT2D eigenvalue weighted by molar-refractivity contribution is 5.81. The van der Waals surface area contributed by atoms with E-state index in [0.717, 1.165) is 22.4 Å². The summed E-state index contributed by atoms with van der Waals surface area (Å²) in [5.74, 6) is 0.265. The molecule has 2 rings (SSSR count). The van der Waals surface area contributed by atoms with Crippen molar-refractivity contribution in [1.29, 1.82) is 0 Å². The molecule has 1 atom stereocenters. The van der Waals surface area contributed by atoms with Gasteiger partial charge in [0.05, 0.1) is 0 Å². The number of ether oxygens (including phenoxy) is 1. The molecule has 122 valence electrons. The normalized spacial score (nSPS) is 11.8. The first kappa shape index (κ1) is 17.0. The summed E-state index contributed by atoms with van der Waals surface area (Å²) in [5.41, 5.74) is 3.01. The van der Waals surface area contributed by atoms with Crippen LogP contribution in [0, 0.1) is 19.7 Å². The van der Waals surface area contributed by atoms with Crippen LogP contribution in [0.3, 0.4) is 0 Å².